The standard InChI is InChI=1S/C18H18BrNO6/c1-23-13-6-7-15(16(9-13)24-2)20-17(21)10-26-18(22)11-25-14-5-3-4-12(19)8-14/h3-9H,10-11H2,1-2H3,(H,20,21). The van der Waals surface area contributed by atoms with Gasteiger partial charge in [-0.25, -0.2) is 4.79 Å². The van der Waals surface area contributed by atoms with Crippen LogP contribution in [0.5, 0.6) is 17.2 Å². The van der Waals surface area contributed by atoms with Crippen molar-refractivity contribution in [2.75, 3.05) is 32.8 Å². The van der Waals surface area contributed by atoms with Gasteiger partial charge in [0.05, 0.1) is 19.9 Å². The predicted molar refractivity (Wildman–Crippen MR) is 98.8 cm³/mol. The summed E-state index contributed by atoms with van der Waals surface area (Å²) in [4.78, 5) is 23.6. The Hall–Kier alpha value is -2.74. The molecule has 8 heteroatoms. The summed E-state index contributed by atoms with van der Waals surface area (Å²) in [7, 11) is 3.01. The molecule has 0 radical (unpaired) electrons. The molecule has 0 unspecified atom stereocenters. The maximum Gasteiger partial charge on any atom is 0.344 e. The molecule has 0 spiro atoms. The number of hydrogen-bond acceptors (Lipinski definition) is 6. The topological polar surface area (TPSA) is 83.1 Å². The van der Waals surface area contributed by atoms with E-state index in [0.717, 1.165) is 4.47 Å². The molecular weight excluding hydrogens is 406 g/mol. The molecule has 2 rings (SSSR count). The van der Waals surface area contributed by atoms with E-state index in [9.17, 15) is 9.59 Å². The Kier molecular flexibility index (Phi) is 7.28. The van der Waals surface area contributed by atoms with Crippen LogP contribution < -0.4 is 19.5 Å². The summed E-state index contributed by atoms with van der Waals surface area (Å²) in [6.45, 7) is -0.731. The molecule has 0 aliphatic carbocycles. The van der Waals surface area contributed by atoms with Gasteiger partial charge in [-0.05, 0) is 30.3 Å². The molecule has 138 valence electrons. The highest BCUT2D eigenvalue weighted by Gasteiger charge is 2.12. The van der Waals surface area contributed by atoms with Crippen molar-refractivity contribution in [1.29, 1.82) is 0 Å². The normalized spacial score (nSPS) is 9.96. The number of halogens is 1. The van der Waals surface area contributed by atoms with Gasteiger partial charge in [0.25, 0.3) is 5.91 Å². The Morgan fingerprint density at radius 3 is 2.50 bits per heavy atom. The van der Waals surface area contributed by atoms with Crippen LogP contribution in [-0.4, -0.2) is 39.3 Å². The Balaban J connectivity index is 1.80. The van der Waals surface area contributed by atoms with E-state index < -0.39 is 18.5 Å². The van der Waals surface area contributed by atoms with E-state index in [1.165, 1.54) is 14.2 Å². The molecule has 0 aliphatic rings. The van der Waals surface area contributed by atoms with Crippen molar-refractivity contribution in [3.8, 4) is 17.2 Å². The molecule has 0 fully saturated rings. The van der Waals surface area contributed by atoms with Crippen molar-refractivity contribution in [2.45, 2.75) is 0 Å². The number of carbonyl (C=O) groups excluding carboxylic acids is 2. The lowest BCUT2D eigenvalue weighted by Crippen LogP contribution is -2.23. The molecule has 2 aromatic rings. The summed E-state index contributed by atoms with van der Waals surface area (Å²) in [5.74, 6) is 0.396. The summed E-state index contributed by atoms with van der Waals surface area (Å²) >= 11 is 3.30. The Labute approximate surface area is 159 Å². The van der Waals surface area contributed by atoms with Crippen molar-refractivity contribution in [3.63, 3.8) is 0 Å². The van der Waals surface area contributed by atoms with Crippen LogP contribution in [0, 0.1) is 0 Å². The summed E-state index contributed by atoms with van der Waals surface area (Å²) < 4.78 is 21.3. The third-order valence-electron chi connectivity index (χ3n) is 3.20. The lowest BCUT2D eigenvalue weighted by molar-refractivity contribution is -0.149. The molecule has 7 nitrogen and oxygen atoms in total. The number of anilines is 1. The molecule has 0 bridgehead atoms. The number of hydrogen-bond donors (Lipinski definition) is 1. The van der Waals surface area contributed by atoms with Crippen LogP contribution in [0.25, 0.3) is 0 Å². The van der Waals surface area contributed by atoms with Crippen LogP contribution in [0.15, 0.2) is 46.9 Å². The average molecular weight is 424 g/mol. The summed E-state index contributed by atoms with van der Waals surface area (Å²) in [5.41, 5.74) is 0.444. The fraction of sp³-hybridized carbons (Fsp3) is 0.222. The van der Waals surface area contributed by atoms with E-state index in [1.54, 1.807) is 36.4 Å². The molecule has 0 aromatic heterocycles. The molecule has 0 heterocycles. The van der Waals surface area contributed by atoms with Crippen molar-refractivity contribution < 1.29 is 28.5 Å². The van der Waals surface area contributed by atoms with E-state index in [-0.39, 0.29) is 6.61 Å². The molecule has 1 amide bonds. The van der Waals surface area contributed by atoms with E-state index in [2.05, 4.69) is 21.2 Å². The zero-order chi connectivity index (χ0) is 18.9. The van der Waals surface area contributed by atoms with Gasteiger partial charge in [-0.2, -0.15) is 0 Å². The van der Waals surface area contributed by atoms with Gasteiger partial charge in [0.15, 0.2) is 13.2 Å². The van der Waals surface area contributed by atoms with Crippen LogP contribution in [0.1, 0.15) is 0 Å². The summed E-state index contributed by atoms with van der Waals surface area (Å²) in [6.07, 6.45) is 0. The van der Waals surface area contributed by atoms with E-state index in [4.69, 9.17) is 18.9 Å². The van der Waals surface area contributed by atoms with E-state index >= 15 is 0 Å². The van der Waals surface area contributed by atoms with Gasteiger partial charge >= 0.3 is 5.97 Å². The zero-order valence-corrected chi connectivity index (χ0v) is 15.9. The molecule has 0 aliphatic heterocycles. The first-order valence-corrected chi connectivity index (χ1v) is 8.37. The molecule has 26 heavy (non-hydrogen) atoms. The van der Waals surface area contributed by atoms with Crippen LogP contribution in [0.4, 0.5) is 5.69 Å². The fourth-order valence-electron chi connectivity index (χ4n) is 1.97. The number of rotatable bonds is 8. The van der Waals surface area contributed by atoms with Crippen molar-refractivity contribution in [2.24, 2.45) is 0 Å². The van der Waals surface area contributed by atoms with E-state index in [1.807, 2.05) is 6.07 Å². The second-order valence-corrected chi connectivity index (χ2v) is 5.94. The third kappa shape index (κ3) is 5.96. The molecular formula is C18H18BrNO6. The first-order chi connectivity index (χ1) is 12.5. The van der Waals surface area contributed by atoms with Crippen LogP contribution in [-0.2, 0) is 14.3 Å². The van der Waals surface area contributed by atoms with E-state index in [0.29, 0.717) is 22.9 Å². The van der Waals surface area contributed by atoms with Crippen molar-refractivity contribution >= 4 is 33.5 Å². The van der Waals surface area contributed by atoms with Crippen LogP contribution >= 0.6 is 15.9 Å². The quantitative estimate of drug-likeness (QED) is 0.657. The highest BCUT2D eigenvalue weighted by Crippen LogP contribution is 2.28. The highest BCUT2D eigenvalue weighted by molar-refractivity contribution is 9.10. The molecule has 0 saturated heterocycles. The minimum atomic E-state index is -0.651. The second kappa shape index (κ2) is 9.67. The minimum Gasteiger partial charge on any atom is -0.497 e. The summed E-state index contributed by atoms with van der Waals surface area (Å²) in [6, 6.07) is 12.0. The average Bonchev–Trinajstić information content (AvgIpc) is 2.65. The zero-order valence-electron chi connectivity index (χ0n) is 14.3. The first-order valence-electron chi connectivity index (χ1n) is 7.57. The lowest BCUT2D eigenvalue weighted by atomic mass is 10.2. The number of methoxy groups -OCH3 is 2. The third-order valence-corrected chi connectivity index (χ3v) is 3.69. The maximum atomic E-state index is 11.9. The fourth-order valence-corrected chi connectivity index (χ4v) is 2.35. The molecule has 0 saturated carbocycles. The number of esters is 1. The van der Waals surface area contributed by atoms with Crippen molar-refractivity contribution in [1.82, 2.24) is 0 Å². The first kappa shape index (κ1) is 19.6. The lowest BCUT2D eigenvalue weighted by Gasteiger charge is -2.12. The molecule has 0 atom stereocenters. The number of carbonyl (C=O) groups is 2. The smallest absolute Gasteiger partial charge is 0.344 e. The van der Waals surface area contributed by atoms with Gasteiger partial charge < -0.3 is 24.3 Å². The number of ether oxygens (including phenoxy) is 4. The molecule has 2 aromatic carbocycles. The van der Waals surface area contributed by atoms with Gasteiger partial charge in [-0.1, -0.05) is 22.0 Å². The van der Waals surface area contributed by atoms with Crippen LogP contribution in [0.2, 0.25) is 0 Å². The Morgan fingerprint density at radius 2 is 1.81 bits per heavy atom. The minimum absolute atomic E-state index is 0.296. The van der Waals surface area contributed by atoms with Gasteiger partial charge in [0.1, 0.15) is 17.2 Å². The second-order valence-electron chi connectivity index (χ2n) is 5.02. The monoisotopic (exact) mass is 423 g/mol. The number of benzene rings is 2. The number of amides is 1. The van der Waals surface area contributed by atoms with Gasteiger partial charge in [-0.3, -0.25) is 4.79 Å². The summed E-state index contributed by atoms with van der Waals surface area (Å²) in [5, 5.41) is 2.61. The Bertz CT molecular complexity index is 780. The van der Waals surface area contributed by atoms with Crippen LogP contribution in [0.3, 0.4) is 0 Å². The largest absolute Gasteiger partial charge is 0.497 e. The predicted octanol–water partition coefficient (Wildman–Crippen LogP) is 3.03. The SMILES string of the molecule is COc1ccc(NC(=O)COC(=O)COc2cccc(Br)c2)c(OC)c1. The van der Waals surface area contributed by atoms with Crippen molar-refractivity contribution in [3.05, 3.63) is 46.9 Å². The Morgan fingerprint density at radius 1 is 1.00 bits per heavy atom. The van der Waals surface area contributed by atoms with Gasteiger partial charge in [-0.15, -0.1) is 0 Å². The van der Waals surface area contributed by atoms with Gasteiger partial charge in [0, 0.05) is 10.5 Å². The van der Waals surface area contributed by atoms with Gasteiger partial charge in [0.2, 0.25) is 0 Å². The maximum absolute atomic E-state index is 11.9. The highest BCUT2D eigenvalue weighted by atomic mass is 79.9. The number of nitrogens with one attached hydrogen (secondary N) is 1. The molecule has 1 N–H and O–H groups in total.